The number of hydrogen-bond acceptors (Lipinski definition) is 4. The summed E-state index contributed by atoms with van der Waals surface area (Å²) >= 11 is 1.53. The van der Waals surface area contributed by atoms with Crippen LogP contribution in [0.15, 0.2) is 29.1 Å². The molecule has 1 atom stereocenters. The molecule has 0 unspecified atom stereocenters. The van der Waals surface area contributed by atoms with E-state index in [0.29, 0.717) is 25.8 Å². The van der Waals surface area contributed by atoms with Gasteiger partial charge in [-0.1, -0.05) is 0 Å². The smallest absolute Gasteiger partial charge is 0.275 e. The fourth-order valence-corrected chi connectivity index (χ4v) is 3.24. The zero-order valence-electron chi connectivity index (χ0n) is 12.4. The first-order valence-corrected chi connectivity index (χ1v) is 8.31. The first-order valence-electron chi connectivity index (χ1n) is 7.36. The average Bonchev–Trinajstić information content (AvgIpc) is 3.19. The van der Waals surface area contributed by atoms with E-state index >= 15 is 0 Å². The van der Waals surface area contributed by atoms with E-state index in [2.05, 4.69) is 4.98 Å². The van der Waals surface area contributed by atoms with Crippen LogP contribution in [0.1, 0.15) is 28.9 Å². The van der Waals surface area contributed by atoms with Gasteiger partial charge in [0.15, 0.2) is 11.5 Å². The van der Waals surface area contributed by atoms with E-state index in [1.165, 1.54) is 16.2 Å². The van der Waals surface area contributed by atoms with Gasteiger partial charge in [0, 0.05) is 25.8 Å². The van der Waals surface area contributed by atoms with E-state index < -0.39 is 17.5 Å². The standard InChI is InChI=1S/C16H16F2N2O2S/c17-12-6-14(18)15(19-7-12)16(21)20(8-11-3-5-23-10-11)9-13-2-1-4-22-13/h3,5-7,10,13H,1-2,4,8-9H2/t13-/m1/s1. The fraction of sp³-hybridized carbons (Fsp3) is 0.375. The molecule has 1 saturated heterocycles. The van der Waals surface area contributed by atoms with E-state index in [9.17, 15) is 13.6 Å². The third kappa shape index (κ3) is 3.92. The molecule has 0 saturated carbocycles. The van der Waals surface area contributed by atoms with Gasteiger partial charge in [-0.15, -0.1) is 0 Å². The summed E-state index contributed by atoms with van der Waals surface area (Å²) < 4.78 is 32.4. The number of ether oxygens (including phenoxy) is 1. The molecule has 0 aromatic carbocycles. The second-order valence-corrected chi connectivity index (χ2v) is 6.22. The molecule has 2 aromatic rings. The maximum Gasteiger partial charge on any atom is 0.275 e. The van der Waals surface area contributed by atoms with Crippen LogP contribution in [0.2, 0.25) is 0 Å². The first kappa shape index (κ1) is 16.0. The Hall–Kier alpha value is -1.86. The monoisotopic (exact) mass is 338 g/mol. The number of carbonyl (C=O) groups excluding carboxylic acids is 1. The van der Waals surface area contributed by atoms with Gasteiger partial charge in [0.1, 0.15) is 5.82 Å². The fourth-order valence-electron chi connectivity index (χ4n) is 2.58. The third-order valence-electron chi connectivity index (χ3n) is 3.70. The molecule has 1 aliphatic rings. The number of nitrogens with zero attached hydrogens (tertiary/aromatic N) is 2. The van der Waals surface area contributed by atoms with E-state index in [-0.39, 0.29) is 11.8 Å². The molecule has 0 N–H and O–H groups in total. The molecule has 122 valence electrons. The van der Waals surface area contributed by atoms with Crippen LogP contribution in [0.4, 0.5) is 8.78 Å². The van der Waals surface area contributed by atoms with Crippen molar-refractivity contribution < 1.29 is 18.3 Å². The summed E-state index contributed by atoms with van der Waals surface area (Å²) in [6, 6.07) is 2.59. The van der Waals surface area contributed by atoms with Crippen LogP contribution < -0.4 is 0 Å². The summed E-state index contributed by atoms with van der Waals surface area (Å²) in [7, 11) is 0. The largest absolute Gasteiger partial charge is 0.376 e. The number of halogens is 2. The summed E-state index contributed by atoms with van der Waals surface area (Å²) in [5, 5.41) is 3.85. The molecule has 0 bridgehead atoms. The van der Waals surface area contributed by atoms with Crippen LogP contribution in [0.25, 0.3) is 0 Å². The average molecular weight is 338 g/mol. The second kappa shape index (κ2) is 7.14. The van der Waals surface area contributed by atoms with Crippen molar-refractivity contribution in [3.8, 4) is 0 Å². The first-order chi connectivity index (χ1) is 11.1. The van der Waals surface area contributed by atoms with Crippen molar-refractivity contribution in [1.82, 2.24) is 9.88 Å². The normalized spacial score (nSPS) is 17.4. The van der Waals surface area contributed by atoms with Gasteiger partial charge in [0.25, 0.3) is 5.91 Å². The van der Waals surface area contributed by atoms with Gasteiger partial charge in [-0.2, -0.15) is 11.3 Å². The van der Waals surface area contributed by atoms with E-state index in [0.717, 1.165) is 24.6 Å². The molecule has 2 aromatic heterocycles. The van der Waals surface area contributed by atoms with Gasteiger partial charge in [0.2, 0.25) is 0 Å². The Kier molecular flexibility index (Phi) is 4.97. The van der Waals surface area contributed by atoms with Gasteiger partial charge >= 0.3 is 0 Å². The van der Waals surface area contributed by atoms with Crippen LogP contribution in [0.5, 0.6) is 0 Å². The highest BCUT2D eigenvalue weighted by Gasteiger charge is 2.26. The molecule has 0 radical (unpaired) electrons. The zero-order valence-corrected chi connectivity index (χ0v) is 13.2. The Morgan fingerprint density at radius 3 is 3.00 bits per heavy atom. The molecular weight excluding hydrogens is 322 g/mol. The highest BCUT2D eigenvalue weighted by Crippen LogP contribution is 2.19. The number of amides is 1. The van der Waals surface area contributed by atoms with Crippen molar-refractivity contribution in [2.75, 3.05) is 13.2 Å². The van der Waals surface area contributed by atoms with Crippen LogP contribution in [0.3, 0.4) is 0 Å². The minimum atomic E-state index is -0.947. The highest BCUT2D eigenvalue weighted by atomic mass is 32.1. The maximum absolute atomic E-state index is 13.9. The SMILES string of the molecule is O=C(c1ncc(F)cc1F)N(Cc1ccsc1)C[C@H]1CCCO1. The van der Waals surface area contributed by atoms with E-state index in [1.54, 1.807) is 0 Å². The lowest BCUT2D eigenvalue weighted by Gasteiger charge is -2.25. The maximum atomic E-state index is 13.9. The highest BCUT2D eigenvalue weighted by molar-refractivity contribution is 7.07. The Morgan fingerprint density at radius 2 is 2.35 bits per heavy atom. The van der Waals surface area contributed by atoms with Gasteiger partial charge in [0.05, 0.1) is 12.3 Å². The summed E-state index contributed by atoms with van der Waals surface area (Å²) in [6.45, 7) is 1.39. The van der Waals surface area contributed by atoms with Gasteiger partial charge < -0.3 is 9.64 Å². The molecule has 3 heterocycles. The van der Waals surface area contributed by atoms with Crippen molar-refractivity contribution in [3.05, 3.63) is 52.0 Å². The molecule has 0 spiro atoms. The van der Waals surface area contributed by atoms with E-state index in [1.807, 2.05) is 16.8 Å². The van der Waals surface area contributed by atoms with Gasteiger partial charge in [-0.05, 0) is 35.2 Å². The predicted molar refractivity (Wildman–Crippen MR) is 82.2 cm³/mol. The minimum absolute atomic E-state index is 0.0545. The molecular formula is C16H16F2N2O2S. The Morgan fingerprint density at radius 1 is 1.48 bits per heavy atom. The molecule has 4 nitrogen and oxygen atoms in total. The number of thiophene rings is 1. The Balaban J connectivity index is 1.81. The number of hydrogen-bond donors (Lipinski definition) is 0. The summed E-state index contributed by atoms with van der Waals surface area (Å²) in [5.74, 6) is -2.30. The minimum Gasteiger partial charge on any atom is -0.376 e. The van der Waals surface area contributed by atoms with Crippen molar-refractivity contribution in [2.24, 2.45) is 0 Å². The number of rotatable bonds is 5. The zero-order chi connectivity index (χ0) is 16.2. The molecule has 3 rings (SSSR count). The summed E-state index contributed by atoms with van der Waals surface area (Å²) in [5.41, 5.74) is 0.600. The number of aromatic nitrogens is 1. The van der Waals surface area contributed by atoms with Crippen LogP contribution in [-0.4, -0.2) is 35.0 Å². The van der Waals surface area contributed by atoms with Crippen molar-refractivity contribution >= 4 is 17.2 Å². The van der Waals surface area contributed by atoms with Crippen LogP contribution >= 0.6 is 11.3 Å². The lowest BCUT2D eigenvalue weighted by molar-refractivity contribution is 0.0499. The molecule has 1 aliphatic heterocycles. The number of carbonyl (C=O) groups is 1. The molecule has 1 amide bonds. The quantitative estimate of drug-likeness (QED) is 0.840. The Bertz CT molecular complexity index is 673. The lowest BCUT2D eigenvalue weighted by atomic mass is 10.2. The summed E-state index contributed by atoms with van der Waals surface area (Å²) in [6.07, 6.45) is 2.62. The molecule has 7 heteroatoms. The van der Waals surface area contributed by atoms with Crippen LogP contribution in [-0.2, 0) is 11.3 Å². The number of pyridine rings is 1. The topological polar surface area (TPSA) is 42.4 Å². The van der Waals surface area contributed by atoms with Crippen molar-refractivity contribution in [1.29, 1.82) is 0 Å². The summed E-state index contributed by atoms with van der Waals surface area (Å²) in [4.78, 5) is 17.8. The van der Waals surface area contributed by atoms with Gasteiger partial charge in [-0.25, -0.2) is 13.8 Å². The van der Waals surface area contributed by atoms with Gasteiger partial charge in [-0.3, -0.25) is 4.79 Å². The lowest BCUT2D eigenvalue weighted by Crippen LogP contribution is -2.37. The molecule has 23 heavy (non-hydrogen) atoms. The molecule has 0 aliphatic carbocycles. The predicted octanol–water partition coefficient (Wildman–Crippen LogP) is 3.24. The van der Waals surface area contributed by atoms with Crippen molar-refractivity contribution in [2.45, 2.75) is 25.5 Å². The van der Waals surface area contributed by atoms with Crippen molar-refractivity contribution in [3.63, 3.8) is 0 Å². The van der Waals surface area contributed by atoms with Crippen LogP contribution in [0, 0.1) is 11.6 Å². The third-order valence-corrected chi connectivity index (χ3v) is 4.43. The second-order valence-electron chi connectivity index (χ2n) is 5.44. The van der Waals surface area contributed by atoms with E-state index in [4.69, 9.17) is 4.74 Å². The molecule has 1 fully saturated rings. The Labute approximate surface area is 136 Å².